The highest BCUT2D eigenvalue weighted by Crippen LogP contribution is 2.67. The molecule has 3 saturated carbocycles. The van der Waals surface area contributed by atoms with E-state index in [2.05, 4.69) is 35.9 Å². The third kappa shape index (κ3) is 2.07. The normalized spacial score (nSPS) is 57.7. The van der Waals surface area contributed by atoms with E-state index in [-0.39, 0.29) is 40.8 Å². The van der Waals surface area contributed by atoms with Gasteiger partial charge in [0.2, 0.25) is 0 Å². The van der Waals surface area contributed by atoms with Crippen molar-refractivity contribution in [2.24, 2.45) is 23.2 Å². The maximum absolute atomic E-state index is 13.8. The molecule has 4 saturated heterocycles. The van der Waals surface area contributed by atoms with Crippen molar-refractivity contribution in [2.45, 2.75) is 86.8 Å². The average molecular weight is 481 g/mol. The number of ketones is 1. The van der Waals surface area contributed by atoms with Crippen LogP contribution in [0, 0.1) is 23.2 Å². The molecule has 7 fully saturated rings. The molecular weight excluding hydrogens is 452 g/mol. The maximum atomic E-state index is 13.8. The Bertz CT molecular complexity index is 853. The van der Waals surface area contributed by atoms with E-state index in [0.29, 0.717) is 25.6 Å². The molecule has 4 bridgehead atoms. The summed E-state index contributed by atoms with van der Waals surface area (Å²) in [6.45, 7) is 5.11. The van der Waals surface area contributed by atoms with Crippen LogP contribution in [0.2, 0.25) is 0 Å². The van der Waals surface area contributed by atoms with Crippen LogP contribution >= 0.6 is 15.9 Å². The number of carbonyl (C=O) groups is 1. The van der Waals surface area contributed by atoms with E-state index in [1.165, 1.54) is 5.57 Å². The smallest absolute Gasteiger partial charge is 0.273 e. The lowest BCUT2D eigenvalue weighted by atomic mass is 9.57. The van der Waals surface area contributed by atoms with Gasteiger partial charge in [-0.1, -0.05) is 35.9 Å². The summed E-state index contributed by atoms with van der Waals surface area (Å²) in [5, 5.41) is 0. The van der Waals surface area contributed by atoms with Gasteiger partial charge in [0.1, 0.15) is 4.32 Å². The number of hydrogen-bond donors (Lipinski definition) is 0. The molecule has 0 radical (unpaired) electrons. The van der Waals surface area contributed by atoms with E-state index in [9.17, 15) is 4.79 Å². The van der Waals surface area contributed by atoms with Crippen molar-refractivity contribution in [3.05, 3.63) is 11.6 Å². The van der Waals surface area contributed by atoms with Gasteiger partial charge in [-0.15, -0.1) is 0 Å². The number of Topliss-reactive ketones (excluding diaryl/α,β-unsaturated/α-hetero) is 1. The molecule has 8 rings (SSSR count). The third-order valence-electron chi connectivity index (χ3n) is 9.72. The summed E-state index contributed by atoms with van der Waals surface area (Å²) < 4.78 is 30.2. The van der Waals surface area contributed by atoms with Crippen molar-refractivity contribution in [2.75, 3.05) is 13.2 Å². The Morgan fingerprint density at radius 2 is 1.87 bits per heavy atom. The van der Waals surface area contributed by atoms with Crippen LogP contribution in [0.4, 0.5) is 0 Å². The number of fused-ring (bicyclic) bond motifs is 4. The molecule has 7 heteroatoms. The second kappa shape index (κ2) is 5.78. The van der Waals surface area contributed by atoms with E-state index in [1.807, 2.05) is 0 Å². The van der Waals surface area contributed by atoms with E-state index < -0.39 is 16.6 Å². The molecule has 0 aromatic heterocycles. The van der Waals surface area contributed by atoms with Crippen LogP contribution in [0.3, 0.4) is 0 Å². The predicted octanol–water partition coefficient (Wildman–Crippen LogP) is 3.47. The minimum atomic E-state index is -0.664. The Kier molecular flexibility index (Phi) is 3.70. The van der Waals surface area contributed by atoms with Crippen LogP contribution in [-0.2, 0) is 28.5 Å². The number of allylic oxidation sites excluding steroid dienone is 1. The van der Waals surface area contributed by atoms with Crippen molar-refractivity contribution in [1.82, 2.24) is 0 Å². The zero-order valence-electron chi connectivity index (χ0n) is 17.5. The number of halogens is 1. The number of alkyl halides is 1. The monoisotopic (exact) mass is 480 g/mol. The number of rotatable bonds is 0. The fourth-order valence-electron chi connectivity index (χ4n) is 8.16. The standard InChI is InChI=1S/C23H29BrO6/c1-12-16-10-21-5-3-14-13-4-6-23(26-7-8-27-23)20(13,2)11-17(25)22(14,24)9-15(21)18(12)29-19(28-16)30-21/h9,12-14,16,18-19H,3-8,10-11H2,1-2H3/t12?,13-,14-,16?,18?,19?,20-,21?,22-/m0/s1. The molecule has 0 N–H and O–H groups in total. The van der Waals surface area contributed by atoms with Crippen LogP contribution in [0.1, 0.15) is 52.4 Å². The Balaban J connectivity index is 1.34. The van der Waals surface area contributed by atoms with Gasteiger partial charge in [0.15, 0.2) is 11.6 Å². The van der Waals surface area contributed by atoms with Crippen LogP contribution in [0.15, 0.2) is 11.6 Å². The second-order valence-electron chi connectivity index (χ2n) is 10.8. The van der Waals surface area contributed by atoms with Gasteiger partial charge in [-0.2, -0.15) is 0 Å². The second-order valence-corrected chi connectivity index (χ2v) is 12.1. The molecule has 8 aliphatic rings. The van der Waals surface area contributed by atoms with Crippen molar-refractivity contribution in [1.29, 1.82) is 0 Å². The largest absolute Gasteiger partial charge is 0.347 e. The minimum absolute atomic E-state index is 0.0260. The topological polar surface area (TPSA) is 63.2 Å². The molecule has 4 aliphatic carbocycles. The van der Waals surface area contributed by atoms with E-state index in [1.54, 1.807) is 0 Å². The van der Waals surface area contributed by atoms with Gasteiger partial charge in [0, 0.05) is 30.6 Å². The Morgan fingerprint density at radius 1 is 1.10 bits per heavy atom. The Morgan fingerprint density at radius 3 is 2.67 bits per heavy atom. The van der Waals surface area contributed by atoms with Crippen molar-refractivity contribution >= 4 is 21.7 Å². The molecule has 0 amide bonds. The number of carbonyl (C=O) groups excluding carboxylic acids is 1. The molecule has 5 unspecified atom stereocenters. The lowest BCUT2D eigenvalue weighted by molar-refractivity contribution is -0.442. The summed E-state index contributed by atoms with van der Waals surface area (Å²) in [4.78, 5) is 13.8. The molecule has 30 heavy (non-hydrogen) atoms. The lowest BCUT2D eigenvalue weighted by Gasteiger charge is -2.59. The van der Waals surface area contributed by atoms with Gasteiger partial charge in [0.05, 0.1) is 31.0 Å². The van der Waals surface area contributed by atoms with Gasteiger partial charge in [-0.3, -0.25) is 4.79 Å². The van der Waals surface area contributed by atoms with Crippen molar-refractivity contribution < 1.29 is 28.5 Å². The zero-order chi connectivity index (χ0) is 20.5. The van der Waals surface area contributed by atoms with Crippen LogP contribution in [0.5, 0.6) is 0 Å². The summed E-state index contributed by atoms with van der Waals surface area (Å²) in [5.74, 6) is 0.488. The van der Waals surface area contributed by atoms with Gasteiger partial charge in [-0.05, 0) is 36.7 Å². The van der Waals surface area contributed by atoms with E-state index in [0.717, 1.165) is 32.1 Å². The van der Waals surface area contributed by atoms with E-state index in [4.69, 9.17) is 23.7 Å². The fourth-order valence-corrected chi connectivity index (χ4v) is 9.09. The first-order valence-electron chi connectivity index (χ1n) is 11.5. The Labute approximate surface area is 185 Å². The van der Waals surface area contributed by atoms with Gasteiger partial charge >= 0.3 is 0 Å². The van der Waals surface area contributed by atoms with Gasteiger partial charge in [0.25, 0.3) is 6.48 Å². The summed E-state index contributed by atoms with van der Waals surface area (Å²) in [7, 11) is 0. The summed E-state index contributed by atoms with van der Waals surface area (Å²) >= 11 is 4.01. The quantitative estimate of drug-likeness (QED) is 0.390. The van der Waals surface area contributed by atoms with Crippen molar-refractivity contribution in [3.63, 3.8) is 0 Å². The van der Waals surface area contributed by atoms with Gasteiger partial charge < -0.3 is 23.7 Å². The molecule has 9 atom stereocenters. The first kappa shape index (κ1) is 19.2. The molecule has 0 aromatic rings. The zero-order valence-corrected chi connectivity index (χ0v) is 19.1. The lowest BCUT2D eigenvalue weighted by Crippen LogP contribution is -2.66. The summed E-state index contributed by atoms with van der Waals surface area (Å²) in [6, 6.07) is 0. The highest BCUT2D eigenvalue weighted by atomic mass is 79.9. The number of hydrogen-bond acceptors (Lipinski definition) is 6. The summed E-state index contributed by atoms with van der Waals surface area (Å²) in [6.07, 6.45) is 7.45. The highest BCUT2D eigenvalue weighted by Gasteiger charge is 2.71. The molecule has 0 aromatic carbocycles. The van der Waals surface area contributed by atoms with Gasteiger partial charge in [-0.25, -0.2) is 0 Å². The molecule has 2 spiro atoms. The molecule has 6 nitrogen and oxygen atoms in total. The van der Waals surface area contributed by atoms with Crippen molar-refractivity contribution in [3.8, 4) is 0 Å². The molecular formula is C23H29BrO6. The first-order chi connectivity index (χ1) is 14.3. The Hall–Kier alpha value is -0.310. The molecule has 4 aliphatic heterocycles. The maximum Gasteiger partial charge on any atom is 0.273 e. The number of ether oxygens (including phenoxy) is 5. The average Bonchev–Trinajstić information content (AvgIpc) is 3.26. The third-order valence-corrected chi connectivity index (χ3v) is 11.0. The van der Waals surface area contributed by atoms with Crippen LogP contribution in [0.25, 0.3) is 0 Å². The van der Waals surface area contributed by atoms with E-state index >= 15 is 0 Å². The van der Waals surface area contributed by atoms with Crippen LogP contribution in [-0.4, -0.2) is 53.4 Å². The van der Waals surface area contributed by atoms with Crippen LogP contribution < -0.4 is 0 Å². The highest BCUT2D eigenvalue weighted by molar-refractivity contribution is 9.10. The summed E-state index contributed by atoms with van der Waals surface area (Å²) in [5.41, 5.74) is 0.538. The SMILES string of the molecule is CC1C2CC34CC[C@H]5[C@@H]6CCC7(OCCO7)[C@@]6(C)CC(=O)[C@]5(Br)C=C3C1OC(O2)O4. The predicted molar refractivity (Wildman–Crippen MR) is 109 cm³/mol. The first-order valence-corrected chi connectivity index (χ1v) is 12.3. The molecule has 4 heterocycles. The molecule has 164 valence electrons. The fraction of sp³-hybridized carbons (Fsp3) is 0.870. The minimum Gasteiger partial charge on any atom is -0.347 e.